The molecular weight excluding hydrogens is 432 g/mol. The predicted molar refractivity (Wildman–Crippen MR) is 170 cm³/mol. The van der Waals surface area contributed by atoms with Gasteiger partial charge in [0.25, 0.3) is 0 Å². The largest absolute Gasteiger partial charge is 0.0776 e. The summed E-state index contributed by atoms with van der Waals surface area (Å²) in [6, 6.07) is 0. The average Bonchev–Trinajstić information content (AvgIpc) is 2.73. The van der Waals surface area contributed by atoms with Crippen molar-refractivity contribution in [2.45, 2.75) is 193 Å². The molecule has 0 radical (unpaired) electrons. The van der Waals surface area contributed by atoms with Crippen molar-refractivity contribution >= 4 is 0 Å². The minimum atomic E-state index is 0. The Balaban J connectivity index is 0. The number of unbranched alkanes of at least 4 members (excludes halogenated alkanes) is 5. The molecule has 36 heavy (non-hydrogen) atoms. The van der Waals surface area contributed by atoms with Crippen LogP contribution in [0.15, 0.2) is 0 Å². The third-order valence-electron chi connectivity index (χ3n) is 9.15. The lowest BCUT2D eigenvalue weighted by Crippen LogP contribution is -2.32. The summed E-state index contributed by atoms with van der Waals surface area (Å²) in [6.07, 6.45) is 26.4. The van der Waals surface area contributed by atoms with E-state index in [4.69, 9.17) is 0 Å². The maximum absolute atomic E-state index is 2.43. The summed E-state index contributed by atoms with van der Waals surface area (Å²) in [4.78, 5) is 0. The van der Waals surface area contributed by atoms with Gasteiger partial charge < -0.3 is 0 Å². The van der Waals surface area contributed by atoms with Crippen LogP contribution in [-0.4, -0.2) is 0 Å². The molecule has 0 nitrogen and oxygen atoms in total. The van der Waals surface area contributed by atoms with E-state index >= 15 is 0 Å². The highest BCUT2D eigenvalue weighted by Gasteiger charge is 2.36. The molecule has 220 valence electrons. The Labute approximate surface area is 233 Å². The molecule has 0 aromatic rings. The van der Waals surface area contributed by atoms with E-state index in [1.807, 2.05) is 0 Å². The van der Waals surface area contributed by atoms with Gasteiger partial charge in [-0.25, -0.2) is 0 Å². The molecule has 0 bridgehead atoms. The van der Waals surface area contributed by atoms with Crippen molar-refractivity contribution in [2.24, 2.45) is 40.4 Å². The fraction of sp³-hybridized carbons (Fsp3) is 1.00. The number of hydrogen-bond donors (Lipinski definition) is 0. The smallest absolute Gasteiger partial charge is 0.0347 e. The van der Waals surface area contributed by atoms with Crippen LogP contribution in [-0.2, 0) is 0 Å². The molecule has 3 saturated carbocycles. The molecule has 0 aromatic heterocycles. The summed E-state index contributed by atoms with van der Waals surface area (Å²) in [5.41, 5.74) is 1.17. The molecule has 0 atom stereocenters. The standard InChI is InChI=1S/C15H28.C11H22.C8H18.2CH4/c1-12-3-7-14(8-4-12)11-15-9-5-13(2)6-10-15;1-9-6-10(2,3)8-11(4,5)7-9;1-3-5-7-8-6-4-2;;/h12-15H,3-11H2,1-2H3;9H,6-8H2,1-5H3;3-8H2,1-2H3;2*1H4. The van der Waals surface area contributed by atoms with Gasteiger partial charge in [0.05, 0.1) is 0 Å². The summed E-state index contributed by atoms with van der Waals surface area (Å²) in [5, 5.41) is 0. The Morgan fingerprint density at radius 2 is 0.833 bits per heavy atom. The highest BCUT2D eigenvalue weighted by molar-refractivity contribution is 4.87. The zero-order valence-corrected chi connectivity index (χ0v) is 25.6. The fourth-order valence-corrected chi connectivity index (χ4v) is 7.85. The van der Waals surface area contributed by atoms with E-state index in [2.05, 4.69) is 62.3 Å². The van der Waals surface area contributed by atoms with Crippen LogP contribution in [0.4, 0.5) is 0 Å². The molecule has 3 aliphatic carbocycles. The van der Waals surface area contributed by atoms with Gasteiger partial charge in [-0.2, -0.15) is 0 Å². The SMILES string of the molecule is C.C.CC1CC(C)(C)CC(C)(C)C1.CC1CCC(CC2CCC(C)CC2)CC1.CCCCCCCC. The minimum absolute atomic E-state index is 0. The molecule has 0 saturated heterocycles. The molecular formula is C36H76. The Morgan fingerprint density at radius 1 is 0.500 bits per heavy atom. The van der Waals surface area contributed by atoms with E-state index in [9.17, 15) is 0 Å². The van der Waals surface area contributed by atoms with E-state index < -0.39 is 0 Å². The molecule has 3 aliphatic rings. The Hall–Kier alpha value is 0. The number of rotatable bonds is 7. The monoisotopic (exact) mass is 509 g/mol. The molecule has 0 aromatic carbocycles. The fourth-order valence-electron chi connectivity index (χ4n) is 7.85. The van der Waals surface area contributed by atoms with E-state index in [1.165, 1.54) is 109 Å². The Bertz CT molecular complexity index is 428. The van der Waals surface area contributed by atoms with E-state index in [0.29, 0.717) is 10.8 Å². The third-order valence-corrected chi connectivity index (χ3v) is 9.15. The summed E-state index contributed by atoms with van der Waals surface area (Å²) in [7, 11) is 0. The van der Waals surface area contributed by atoms with Gasteiger partial charge in [0.1, 0.15) is 0 Å². The van der Waals surface area contributed by atoms with Crippen molar-refractivity contribution in [3.8, 4) is 0 Å². The second-order valence-corrected chi connectivity index (χ2v) is 14.9. The molecule has 0 heteroatoms. The molecule has 3 fully saturated rings. The predicted octanol–water partition coefficient (Wildman–Crippen LogP) is 13.5. The highest BCUT2D eigenvalue weighted by Crippen LogP contribution is 2.48. The molecule has 0 spiro atoms. The molecule has 0 N–H and O–H groups in total. The van der Waals surface area contributed by atoms with Crippen molar-refractivity contribution < 1.29 is 0 Å². The van der Waals surface area contributed by atoms with Gasteiger partial charge in [-0.15, -0.1) is 0 Å². The lowest BCUT2D eigenvalue weighted by molar-refractivity contribution is 0.0754. The molecule has 3 rings (SSSR count). The van der Waals surface area contributed by atoms with E-state index in [1.54, 1.807) is 6.42 Å². The van der Waals surface area contributed by atoms with Crippen molar-refractivity contribution in [1.29, 1.82) is 0 Å². The Kier molecular flexibility index (Phi) is 21.2. The second-order valence-electron chi connectivity index (χ2n) is 14.9. The summed E-state index contributed by atoms with van der Waals surface area (Å²) in [6.45, 7) is 21.4. The minimum Gasteiger partial charge on any atom is -0.0776 e. The summed E-state index contributed by atoms with van der Waals surface area (Å²) >= 11 is 0. The first-order chi connectivity index (χ1) is 16.0. The quantitative estimate of drug-likeness (QED) is 0.300. The van der Waals surface area contributed by atoms with Gasteiger partial charge in [-0.05, 0) is 66.1 Å². The zero-order valence-electron chi connectivity index (χ0n) is 25.6. The van der Waals surface area contributed by atoms with Gasteiger partial charge in [0.2, 0.25) is 0 Å². The second kappa shape index (κ2) is 20.0. The molecule has 0 amide bonds. The first kappa shape index (κ1) is 38.1. The average molecular weight is 509 g/mol. The zero-order chi connectivity index (χ0) is 25.6. The summed E-state index contributed by atoms with van der Waals surface area (Å²) < 4.78 is 0. The van der Waals surface area contributed by atoms with E-state index in [-0.39, 0.29) is 14.9 Å². The third kappa shape index (κ3) is 18.3. The number of hydrogen-bond acceptors (Lipinski definition) is 0. The van der Waals surface area contributed by atoms with Crippen molar-refractivity contribution in [3.63, 3.8) is 0 Å². The maximum atomic E-state index is 2.43. The van der Waals surface area contributed by atoms with Gasteiger partial charge in [0, 0.05) is 0 Å². The van der Waals surface area contributed by atoms with Crippen LogP contribution < -0.4 is 0 Å². The van der Waals surface area contributed by atoms with Gasteiger partial charge in [0.15, 0.2) is 0 Å². The van der Waals surface area contributed by atoms with Crippen LogP contribution in [0.2, 0.25) is 0 Å². The van der Waals surface area contributed by atoms with E-state index in [0.717, 1.165) is 29.6 Å². The maximum Gasteiger partial charge on any atom is -0.0347 e. The van der Waals surface area contributed by atoms with Crippen LogP contribution in [0.5, 0.6) is 0 Å². The van der Waals surface area contributed by atoms with Crippen molar-refractivity contribution in [3.05, 3.63) is 0 Å². The lowest BCUT2D eigenvalue weighted by Gasteiger charge is -2.44. The van der Waals surface area contributed by atoms with Gasteiger partial charge in [-0.1, -0.05) is 167 Å². The van der Waals surface area contributed by atoms with Gasteiger partial charge >= 0.3 is 0 Å². The first-order valence-corrected chi connectivity index (χ1v) is 16.0. The summed E-state index contributed by atoms with van der Waals surface area (Å²) in [5.74, 6) is 5.16. The van der Waals surface area contributed by atoms with Crippen LogP contribution >= 0.6 is 0 Å². The van der Waals surface area contributed by atoms with Crippen LogP contribution in [0.25, 0.3) is 0 Å². The highest BCUT2D eigenvalue weighted by atomic mass is 14.4. The lowest BCUT2D eigenvalue weighted by atomic mass is 9.62. The topological polar surface area (TPSA) is 0 Å². The van der Waals surface area contributed by atoms with Gasteiger partial charge in [-0.3, -0.25) is 0 Å². The molecule has 0 heterocycles. The molecule has 0 unspecified atom stereocenters. The molecule has 0 aliphatic heterocycles. The van der Waals surface area contributed by atoms with Crippen LogP contribution in [0.1, 0.15) is 193 Å². The normalized spacial score (nSPS) is 29.2. The van der Waals surface area contributed by atoms with Crippen LogP contribution in [0.3, 0.4) is 0 Å². The first-order valence-electron chi connectivity index (χ1n) is 16.0. The van der Waals surface area contributed by atoms with Crippen LogP contribution in [0, 0.1) is 40.4 Å². The van der Waals surface area contributed by atoms with Crippen molar-refractivity contribution in [2.75, 3.05) is 0 Å². The van der Waals surface area contributed by atoms with Crippen molar-refractivity contribution in [1.82, 2.24) is 0 Å². The Morgan fingerprint density at radius 3 is 1.11 bits per heavy atom.